The zero-order valence-electron chi connectivity index (χ0n) is 15.0. The standard InChI is InChI=1S/C17H26ClN3O3S/c1-11(21-16(23)24-17(2,3)4)15(22)20-10-25-8-7-12-5-6-13(19)9-14(12)18/h5-6,9,11H,7-8,10,19H2,1-4H3,(H,20,22)(H,21,23). The van der Waals surface area contributed by atoms with Crippen molar-refractivity contribution in [2.24, 2.45) is 0 Å². The maximum atomic E-state index is 11.9. The van der Waals surface area contributed by atoms with Crippen molar-refractivity contribution >= 4 is 41.1 Å². The third kappa shape index (κ3) is 8.88. The Kier molecular flexibility index (Phi) is 8.38. The fourth-order valence-electron chi connectivity index (χ4n) is 1.85. The van der Waals surface area contributed by atoms with Gasteiger partial charge in [-0.1, -0.05) is 17.7 Å². The van der Waals surface area contributed by atoms with Gasteiger partial charge >= 0.3 is 6.09 Å². The highest BCUT2D eigenvalue weighted by atomic mass is 35.5. The molecule has 8 heteroatoms. The average Bonchev–Trinajstić information content (AvgIpc) is 2.46. The number of nitrogens with two attached hydrogens (primary N) is 1. The second-order valence-corrected chi connectivity index (χ2v) is 8.07. The van der Waals surface area contributed by atoms with E-state index in [-0.39, 0.29) is 5.91 Å². The van der Waals surface area contributed by atoms with E-state index in [1.54, 1.807) is 45.5 Å². The van der Waals surface area contributed by atoms with Crippen molar-refractivity contribution in [1.82, 2.24) is 10.6 Å². The van der Waals surface area contributed by atoms with Crippen LogP contribution >= 0.6 is 23.4 Å². The zero-order valence-corrected chi connectivity index (χ0v) is 16.6. The number of nitrogen functional groups attached to an aromatic ring is 1. The van der Waals surface area contributed by atoms with E-state index in [2.05, 4.69) is 10.6 Å². The lowest BCUT2D eigenvalue weighted by Crippen LogP contribution is -2.46. The van der Waals surface area contributed by atoms with E-state index in [1.165, 1.54) is 0 Å². The maximum Gasteiger partial charge on any atom is 0.408 e. The lowest BCUT2D eigenvalue weighted by molar-refractivity contribution is -0.122. The lowest BCUT2D eigenvalue weighted by Gasteiger charge is -2.21. The molecule has 0 aromatic heterocycles. The molecule has 0 bridgehead atoms. The fourth-order valence-corrected chi connectivity index (χ4v) is 2.88. The summed E-state index contributed by atoms with van der Waals surface area (Å²) in [7, 11) is 0. The summed E-state index contributed by atoms with van der Waals surface area (Å²) in [6.45, 7) is 6.90. The molecule has 1 aromatic carbocycles. The van der Waals surface area contributed by atoms with Crippen LogP contribution in [-0.2, 0) is 16.0 Å². The summed E-state index contributed by atoms with van der Waals surface area (Å²) < 4.78 is 5.11. The van der Waals surface area contributed by atoms with Crippen molar-refractivity contribution in [3.8, 4) is 0 Å². The van der Waals surface area contributed by atoms with Crippen molar-refractivity contribution in [3.05, 3.63) is 28.8 Å². The fraction of sp³-hybridized carbons (Fsp3) is 0.529. The minimum Gasteiger partial charge on any atom is -0.444 e. The molecule has 0 aliphatic heterocycles. The molecule has 1 aromatic rings. The number of ether oxygens (including phenoxy) is 1. The van der Waals surface area contributed by atoms with Gasteiger partial charge in [0.15, 0.2) is 0 Å². The average molecular weight is 388 g/mol. The molecule has 6 nitrogen and oxygen atoms in total. The van der Waals surface area contributed by atoms with Gasteiger partial charge in [-0.2, -0.15) is 0 Å². The van der Waals surface area contributed by atoms with Crippen LogP contribution in [0.4, 0.5) is 10.5 Å². The van der Waals surface area contributed by atoms with E-state index in [0.717, 1.165) is 17.7 Å². The molecule has 25 heavy (non-hydrogen) atoms. The summed E-state index contributed by atoms with van der Waals surface area (Å²) in [4.78, 5) is 23.6. The number of rotatable bonds is 7. The number of hydrogen-bond acceptors (Lipinski definition) is 5. The van der Waals surface area contributed by atoms with E-state index in [9.17, 15) is 9.59 Å². The molecule has 2 amide bonds. The zero-order chi connectivity index (χ0) is 19.0. The van der Waals surface area contributed by atoms with Gasteiger partial charge in [0.1, 0.15) is 11.6 Å². The SMILES string of the molecule is CC(NC(=O)OC(C)(C)C)C(=O)NCSCCc1ccc(N)cc1Cl. The number of alkyl carbamates (subject to hydrolysis) is 1. The number of benzene rings is 1. The summed E-state index contributed by atoms with van der Waals surface area (Å²) in [5.41, 5.74) is 6.72. The van der Waals surface area contributed by atoms with Gasteiger partial charge in [-0.05, 0) is 57.6 Å². The van der Waals surface area contributed by atoms with Crippen molar-refractivity contribution in [2.45, 2.75) is 45.8 Å². The summed E-state index contributed by atoms with van der Waals surface area (Å²) in [5.74, 6) is 0.993. The first-order valence-corrected chi connectivity index (χ1v) is 9.50. The van der Waals surface area contributed by atoms with E-state index >= 15 is 0 Å². The predicted octanol–water partition coefficient (Wildman–Crippen LogP) is 3.18. The number of aryl methyl sites for hydroxylation is 1. The molecule has 0 saturated carbocycles. The summed E-state index contributed by atoms with van der Waals surface area (Å²) in [6.07, 6.45) is 0.173. The first kappa shape index (κ1) is 21.4. The molecule has 0 heterocycles. The van der Waals surface area contributed by atoms with Crippen LogP contribution in [0.1, 0.15) is 33.3 Å². The number of amides is 2. The highest BCUT2D eigenvalue weighted by Gasteiger charge is 2.20. The molecule has 140 valence electrons. The Labute approximate surface area is 158 Å². The quantitative estimate of drug-likeness (QED) is 0.379. The molecule has 1 rings (SSSR count). The predicted molar refractivity (Wildman–Crippen MR) is 104 cm³/mol. The Bertz CT molecular complexity index is 605. The second-order valence-electron chi connectivity index (χ2n) is 6.56. The molecule has 0 aliphatic rings. The first-order valence-electron chi connectivity index (χ1n) is 7.97. The van der Waals surface area contributed by atoms with Crippen LogP contribution in [0, 0.1) is 0 Å². The summed E-state index contributed by atoms with van der Waals surface area (Å²) >= 11 is 7.69. The number of halogens is 1. The highest BCUT2D eigenvalue weighted by Crippen LogP contribution is 2.20. The number of carbonyl (C=O) groups excluding carboxylic acids is 2. The molecule has 0 spiro atoms. The third-order valence-electron chi connectivity index (χ3n) is 3.07. The Morgan fingerprint density at radius 1 is 1.36 bits per heavy atom. The van der Waals surface area contributed by atoms with Crippen LogP contribution in [0.3, 0.4) is 0 Å². The molecule has 4 N–H and O–H groups in total. The van der Waals surface area contributed by atoms with E-state index in [4.69, 9.17) is 22.1 Å². The van der Waals surface area contributed by atoms with E-state index in [1.807, 2.05) is 12.1 Å². The number of anilines is 1. The first-order chi connectivity index (χ1) is 11.6. The Hall–Kier alpha value is -1.60. The van der Waals surface area contributed by atoms with Crippen LogP contribution in [0.5, 0.6) is 0 Å². The summed E-state index contributed by atoms with van der Waals surface area (Å²) in [5, 5.41) is 5.92. The number of hydrogen-bond donors (Lipinski definition) is 3. The molecule has 0 radical (unpaired) electrons. The van der Waals surface area contributed by atoms with Crippen molar-refractivity contribution < 1.29 is 14.3 Å². The van der Waals surface area contributed by atoms with Gasteiger partial charge in [-0.25, -0.2) is 4.79 Å². The molecule has 0 fully saturated rings. The van der Waals surface area contributed by atoms with Gasteiger partial charge in [0.25, 0.3) is 0 Å². The topological polar surface area (TPSA) is 93.4 Å². The maximum absolute atomic E-state index is 11.9. The number of nitrogens with one attached hydrogen (secondary N) is 2. The third-order valence-corrected chi connectivity index (χ3v) is 4.26. The van der Waals surface area contributed by atoms with Gasteiger partial charge in [0.2, 0.25) is 5.91 Å². The number of carbonyl (C=O) groups is 2. The molecule has 0 saturated heterocycles. The van der Waals surface area contributed by atoms with Gasteiger partial charge in [-0.15, -0.1) is 11.8 Å². The Balaban J connectivity index is 2.24. The largest absolute Gasteiger partial charge is 0.444 e. The van der Waals surface area contributed by atoms with Crippen molar-refractivity contribution in [2.75, 3.05) is 17.4 Å². The number of thioether (sulfide) groups is 1. The highest BCUT2D eigenvalue weighted by molar-refractivity contribution is 7.99. The smallest absolute Gasteiger partial charge is 0.408 e. The van der Waals surface area contributed by atoms with Crippen LogP contribution in [0.15, 0.2) is 18.2 Å². The Morgan fingerprint density at radius 2 is 2.04 bits per heavy atom. The van der Waals surface area contributed by atoms with Gasteiger partial charge < -0.3 is 21.1 Å². The minimum atomic E-state index is -0.665. The van der Waals surface area contributed by atoms with E-state index in [0.29, 0.717) is 16.6 Å². The minimum absolute atomic E-state index is 0.260. The van der Waals surface area contributed by atoms with Crippen LogP contribution in [0.2, 0.25) is 5.02 Å². The lowest BCUT2D eigenvalue weighted by atomic mass is 10.1. The normalized spacial score (nSPS) is 12.4. The van der Waals surface area contributed by atoms with Gasteiger partial charge in [0, 0.05) is 10.7 Å². The van der Waals surface area contributed by atoms with Crippen LogP contribution < -0.4 is 16.4 Å². The van der Waals surface area contributed by atoms with Crippen LogP contribution in [-0.4, -0.2) is 35.3 Å². The molecule has 1 atom stereocenters. The van der Waals surface area contributed by atoms with Crippen LogP contribution in [0.25, 0.3) is 0 Å². The monoisotopic (exact) mass is 387 g/mol. The van der Waals surface area contributed by atoms with Crippen molar-refractivity contribution in [1.29, 1.82) is 0 Å². The molecule has 1 unspecified atom stereocenters. The molecular formula is C17H26ClN3O3S. The summed E-state index contributed by atoms with van der Waals surface area (Å²) in [6, 6.07) is 4.79. The second kappa shape index (κ2) is 9.77. The Morgan fingerprint density at radius 3 is 2.64 bits per heavy atom. The van der Waals surface area contributed by atoms with Gasteiger partial charge in [-0.3, -0.25) is 4.79 Å². The van der Waals surface area contributed by atoms with E-state index < -0.39 is 17.7 Å². The van der Waals surface area contributed by atoms with Crippen molar-refractivity contribution in [3.63, 3.8) is 0 Å². The molecule has 0 aliphatic carbocycles. The van der Waals surface area contributed by atoms with Gasteiger partial charge in [0.05, 0.1) is 5.88 Å². The molecular weight excluding hydrogens is 362 g/mol.